The molecule has 0 saturated carbocycles. The quantitative estimate of drug-likeness (QED) is 0.459. The zero-order chi connectivity index (χ0) is 6.41. The number of aliphatic hydroxyl groups is 1. The van der Waals surface area contributed by atoms with E-state index in [1.165, 1.54) is 0 Å². The van der Waals surface area contributed by atoms with E-state index < -0.39 is 6.10 Å². The van der Waals surface area contributed by atoms with Gasteiger partial charge >= 0.3 is 0 Å². The second-order valence-electron chi connectivity index (χ2n) is 1.56. The van der Waals surface area contributed by atoms with Crippen LogP contribution in [0.4, 0.5) is 0 Å². The van der Waals surface area contributed by atoms with Crippen molar-refractivity contribution in [3.63, 3.8) is 0 Å². The summed E-state index contributed by atoms with van der Waals surface area (Å²) in [4.78, 5) is 0. The van der Waals surface area contributed by atoms with Crippen molar-refractivity contribution in [2.24, 2.45) is 0 Å². The molecule has 0 heterocycles. The number of hydrogen-bond acceptors (Lipinski definition) is 1. The van der Waals surface area contributed by atoms with Gasteiger partial charge in [-0.3, -0.25) is 0 Å². The highest BCUT2D eigenvalue weighted by atomic mass is 35.5. The Hall–Kier alpha value is -0.0100. The van der Waals surface area contributed by atoms with Crippen molar-refractivity contribution in [3.05, 3.63) is 12.2 Å². The van der Waals surface area contributed by atoms with Crippen molar-refractivity contribution in [2.75, 3.05) is 5.88 Å². The highest BCUT2D eigenvalue weighted by Crippen LogP contribution is 1.90. The Kier molecular flexibility index (Phi) is 5.13. The van der Waals surface area contributed by atoms with Crippen LogP contribution < -0.4 is 0 Å². The lowest BCUT2D eigenvalue weighted by Gasteiger charge is -1.94. The smallest absolute Gasteiger partial charge is 0.0856 e. The first kappa shape index (κ1) is 7.99. The van der Waals surface area contributed by atoms with Crippen LogP contribution in [0.2, 0.25) is 0 Å². The number of aliphatic hydroxyl groups excluding tert-OH is 1. The van der Waals surface area contributed by atoms with Crippen LogP contribution in [0.1, 0.15) is 13.3 Å². The summed E-state index contributed by atoms with van der Waals surface area (Å²) in [5, 5.41) is 8.77. The fourth-order valence-corrected chi connectivity index (χ4v) is 0.447. The fourth-order valence-electron chi connectivity index (χ4n) is 0.345. The van der Waals surface area contributed by atoms with E-state index in [-0.39, 0.29) is 5.88 Å². The molecule has 2 heteroatoms. The van der Waals surface area contributed by atoms with Crippen molar-refractivity contribution in [1.82, 2.24) is 0 Å². The Morgan fingerprint density at radius 2 is 2.38 bits per heavy atom. The molecule has 1 nitrogen and oxygen atoms in total. The molecular weight excluding hydrogens is 124 g/mol. The third kappa shape index (κ3) is 4.16. The lowest BCUT2D eigenvalue weighted by molar-refractivity contribution is 0.247. The summed E-state index contributed by atoms with van der Waals surface area (Å²) >= 11 is 5.29. The minimum atomic E-state index is -0.461. The topological polar surface area (TPSA) is 20.2 Å². The lowest BCUT2D eigenvalue weighted by Crippen LogP contribution is -2.02. The van der Waals surface area contributed by atoms with Crippen LogP contribution in [-0.4, -0.2) is 17.1 Å². The molecular formula is C6H11ClO. The SMILES string of the molecule is CC/C=C/[C@H](O)CCl. The molecule has 0 aromatic heterocycles. The van der Waals surface area contributed by atoms with Gasteiger partial charge in [0.2, 0.25) is 0 Å². The van der Waals surface area contributed by atoms with Crippen molar-refractivity contribution < 1.29 is 5.11 Å². The summed E-state index contributed by atoms with van der Waals surface area (Å²) < 4.78 is 0. The maximum atomic E-state index is 8.77. The van der Waals surface area contributed by atoms with Crippen molar-refractivity contribution in [3.8, 4) is 0 Å². The largest absolute Gasteiger partial charge is 0.388 e. The monoisotopic (exact) mass is 134 g/mol. The van der Waals surface area contributed by atoms with Gasteiger partial charge in [-0.25, -0.2) is 0 Å². The van der Waals surface area contributed by atoms with Gasteiger partial charge in [0, 0.05) is 0 Å². The van der Waals surface area contributed by atoms with Crippen LogP contribution in [-0.2, 0) is 0 Å². The van der Waals surface area contributed by atoms with Crippen LogP contribution in [0.3, 0.4) is 0 Å². The molecule has 8 heavy (non-hydrogen) atoms. The predicted molar refractivity (Wildman–Crippen MR) is 36.2 cm³/mol. The fraction of sp³-hybridized carbons (Fsp3) is 0.667. The number of alkyl halides is 1. The first-order valence-corrected chi connectivity index (χ1v) is 3.25. The van der Waals surface area contributed by atoms with Gasteiger partial charge in [0.1, 0.15) is 0 Å². The van der Waals surface area contributed by atoms with Crippen molar-refractivity contribution in [1.29, 1.82) is 0 Å². The minimum absolute atomic E-state index is 0.288. The van der Waals surface area contributed by atoms with Crippen LogP contribution >= 0.6 is 11.6 Å². The zero-order valence-electron chi connectivity index (χ0n) is 4.97. The van der Waals surface area contributed by atoms with Gasteiger partial charge in [0.05, 0.1) is 12.0 Å². The van der Waals surface area contributed by atoms with E-state index in [0.29, 0.717) is 0 Å². The molecule has 1 atom stereocenters. The predicted octanol–water partition coefficient (Wildman–Crippen LogP) is 1.55. The minimum Gasteiger partial charge on any atom is -0.388 e. The van der Waals surface area contributed by atoms with Crippen LogP contribution in [0.5, 0.6) is 0 Å². The van der Waals surface area contributed by atoms with Crippen molar-refractivity contribution >= 4 is 11.6 Å². The van der Waals surface area contributed by atoms with Gasteiger partial charge in [0.15, 0.2) is 0 Å². The number of halogens is 1. The Labute approximate surface area is 55.0 Å². The first-order chi connectivity index (χ1) is 3.81. The molecule has 0 radical (unpaired) electrons. The highest BCUT2D eigenvalue weighted by molar-refractivity contribution is 6.18. The Bertz CT molecular complexity index is 70.9. The van der Waals surface area contributed by atoms with Gasteiger partial charge < -0.3 is 5.11 Å². The molecule has 0 aromatic rings. The van der Waals surface area contributed by atoms with Gasteiger partial charge in [-0.05, 0) is 6.42 Å². The van der Waals surface area contributed by atoms with Gasteiger partial charge in [0.25, 0.3) is 0 Å². The second-order valence-corrected chi connectivity index (χ2v) is 1.87. The molecule has 0 aliphatic carbocycles. The second kappa shape index (κ2) is 5.13. The average molecular weight is 135 g/mol. The Morgan fingerprint density at radius 1 is 1.75 bits per heavy atom. The Balaban J connectivity index is 3.21. The number of hydrogen-bond donors (Lipinski definition) is 1. The standard InChI is InChI=1S/C6H11ClO/c1-2-3-4-6(8)5-7/h3-4,6,8H,2,5H2,1H3/b4-3+/t6-/m0/s1. The van der Waals surface area contributed by atoms with Crippen LogP contribution in [0.25, 0.3) is 0 Å². The van der Waals surface area contributed by atoms with Gasteiger partial charge in [-0.1, -0.05) is 19.1 Å². The molecule has 0 rings (SSSR count). The molecule has 0 unspecified atom stereocenters. The summed E-state index contributed by atoms with van der Waals surface area (Å²) in [6.07, 6.45) is 4.09. The van der Waals surface area contributed by atoms with E-state index in [0.717, 1.165) is 6.42 Å². The van der Waals surface area contributed by atoms with Crippen molar-refractivity contribution in [2.45, 2.75) is 19.4 Å². The molecule has 48 valence electrons. The zero-order valence-corrected chi connectivity index (χ0v) is 5.73. The summed E-state index contributed by atoms with van der Waals surface area (Å²) in [6, 6.07) is 0. The third-order valence-electron chi connectivity index (χ3n) is 0.752. The molecule has 0 aliphatic heterocycles. The molecule has 1 N–H and O–H groups in total. The van der Waals surface area contributed by atoms with Crippen LogP contribution in [0.15, 0.2) is 12.2 Å². The summed E-state index contributed by atoms with van der Waals surface area (Å²) in [6.45, 7) is 2.01. The average Bonchev–Trinajstić information content (AvgIpc) is 1.83. The maximum Gasteiger partial charge on any atom is 0.0856 e. The third-order valence-corrected chi connectivity index (χ3v) is 1.07. The normalized spacial score (nSPS) is 14.9. The summed E-state index contributed by atoms with van der Waals surface area (Å²) in [5.74, 6) is 0.288. The van der Waals surface area contributed by atoms with E-state index in [9.17, 15) is 0 Å². The maximum absolute atomic E-state index is 8.77. The molecule has 0 saturated heterocycles. The first-order valence-electron chi connectivity index (χ1n) is 2.72. The summed E-state index contributed by atoms with van der Waals surface area (Å²) in [7, 11) is 0. The molecule has 0 fully saturated rings. The van der Waals surface area contributed by atoms with E-state index in [1.54, 1.807) is 6.08 Å². The highest BCUT2D eigenvalue weighted by Gasteiger charge is 1.90. The van der Waals surface area contributed by atoms with Crippen LogP contribution in [0, 0.1) is 0 Å². The summed E-state index contributed by atoms with van der Waals surface area (Å²) in [5.41, 5.74) is 0. The van der Waals surface area contributed by atoms with Gasteiger partial charge in [-0.2, -0.15) is 0 Å². The Morgan fingerprint density at radius 3 is 2.75 bits per heavy atom. The lowest BCUT2D eigenvalue weighted by atomic mass is 10.3. The van der Waals surface area contributed by atoms with E-state index in [4.69, 9.17) is 16.7 Å². The van der Waals surface area contributed by atoms with E-state index in [2.05, 4.69) is 0 Å². The van der Waals surface area contributed by atoms with E-state index in [1.807, 2.05) is 13.0 Å². The molecule has 0 spiro atoms. The van der Waals surface area contributed by atoms with E-state index >= 15 is 0 Å². The molecule has 0 bridgehead atoms. The molecule has 0 aliphatic rings. The number of allylic oxidation sites excluding steroid dienone is 1. The van der Waals surface area contributed by atoms with Gasteiger partial charge in [-0.15, -0.1) is 11.6 Å². The number of rotatable bonds is 3. The molecule has 0 aromatic carbocycles. The molecule has 0 amide bonds.